The van der Waals surface area contributed by atoms with Crippen LogP contribution in [0.1, 0.15) is 6.92 Å². The Labute approximate surface area is 65.4 Å². The second-order valence-corrected chi connectivity index (χ2v) is 2.84. The van der Waals surface area contributed by atoms with Crippen LogP contribution in [0.2, 0.25) is 0 Å². The minimum absolute atomic E-state index is 0.241. The van der Waals surface area contributed by atoms with E-state index < -0.39 is 6.10 Å². The van der Waals surface area contributed by atoms with E-state index >= 15 is 0 Å². The molecule has 0 heterocycles. The number of rotatable bonds is 5. The number of aliphatic hydroxyl groups is 2. The average Bonchev–Trinajstić information content (AvgIpc) is 1.98. The summed E-state index contributed by atoms with van der Waals surface area (Å²) in [6.07, 6.45) is 0.877. The number of hydrogen-bond acceptors (Lipinski definition) is 4. The van der Waals surface area contributed by atoms with E-state index in [9.17, 15) is 0 Å². The standard InChI is InChI=1S/C6H14O3S/c1-5(6(8)3-7)9-4-10-2/h5-8H,3-4H2,1-2H3. The van der Waals surface area contributed by atoms with Gasteiger partial charge in [0.15, 0.2) is 0 Å². The van der Waals surface area contributed by atoms with Crippen LogP contribution in [0.25, 0.3) is 0 Å². The van der Waals surface area contributed by atoms with Crippen molar-refractivity contribution in [1.29, 1.82) is 0 Å². The fraction of sp³-hybridized carbons (Fsp3) is 1.00. The molecule has 0 aromatic heterocycles. The maximum absolute atomic E-state index is 8.97. The van der Waals surface area contributed by atoms with E-state index in [0.29, 0.717) is 5.94 Å². The Hall–Kier alpha value is 0.230. The molecule has 62 valence electrons. The summed E-state index contributed by atoms with van der Waals surface area (Å²) >= 11 is 1.54. The van der Waals surface area contributed by atoms with E-state index in [1.165, 1.54) is 0 Å². The average molecular weight is 166 g/mol. The molecule has 0 bridgehead atoms. The van der Waals surface area contributed by atoms with Crippen molar-refractivity contribution in [2.45, 2.75) is 19.1 Å². The molecule has 2 N–H and O–H groups in total. The van der Waals surface area contributed by atoms with Crippen molar-refractivity contribution in [1.82, 2.24) is 0 Å². The van der Waals surface area contributed by atoms with Crippen LogP contribution in [0.4, 0.5) is 0 Å². The Morgan fingerprint density at radius 2 is 2.20 bits per heavy atom. The van der Waals surface area contributed by atoms with Crippen LogP contribution in [0.5, 0.6) is 0 Å². The molecule has 0 rings (SSSR count). The predicted molar refractivity (Wildman–Crippen MR) is 42.0 cm³/mol. The molecule has 2 unspecified atom stereocenters. The van der Waals surface area contributed by atoms with Crippen molar-refractivity contribution in [2.24, 2.45) is 0 Å². The van der Waals surface area contributed by atoms with Crippen LogP contribution in [0, 0.1) is 0 Å². The van der Waals surface area contributed by atoms with Gasteiger partial charge in [-0.05, 0) is 13.2 Å². The highest BCUT2D eigenvalue weighted by molar-refractivity contribution is 7.98. The Morgan fingerprint density at radius 1 is 1.60 bits per heavy atom. The van der Waals surface area contributed by atoms with Crippen molar-refractivity contribution in [3.8, 4) is 0 Å². The molecule has 4 heteroatoms. The van der Waals surface area contributed by atoms with Gasteiger partial charge in [-0.3, -0.25) is 0 Å². The summed E-state index contributed by atoms with van der Waals surface area (Å²) in [6.45, 7) is 1.49. The molecule has 0 amide bonds. The van der Waals surface area contributed by atoms with E-state index in [1.807, 2.05) is 6.26 Å². The third-order valence-electron chi connectivity index (χ3n) is 1.18. The smallest absolute Gasteiger partial charge is 0.103 e. The molecule has 0 saturated carbocycles. The molecular formula is C6H14O3S. The molecule has 0 saturated heterocycles. The first kappa shape index (κ1) is 10.2. The van der Waals surface area contributed by atoms with Gasteiger partial charge in [0, 0.05) is 0 Å². The van der Waals surface area contributed by atoms with Crippen LogP contribution >= 0.6 is 11.8 Å². The summed E-state index contributed by atoms with van der Waals surface area (Å²) in [5, 5.41) is 17.4. The zero-order valence-corrected chi connectivity index (χ0v) is 7.10. The number of ether oxygens (including phenoxy) is 1. The van der Waals surface area contributed by atoms with Crippen molar-refractivity contribution in [2.75, 3.05) is 18.8 Å². The molecule has 0 aliphatic heterocycles. The Bertz CT molecular complexity index is 79.4. The largest absolute Gasteiger partial charge is 0.394 e. The monoisotopic (exact) mass is 166 g/mol. The van der Waals surface area contributed by atoms with Crippen molar-refractivity contribution >= 4 is 11.8 Å². The minimum Gasteiger partial charge on any atom is -0.394 e. The maximum Gasteiger partial charge on any atom is 0.103 e. The SMILES string of the molecule is CSCOC(C)C(O)CO. The second kappa shape index (κ2) is 5.97. The molecule has 0 aromatic carbocycles. The minimum atomic E-state index is -0.757. The second-order valence-electron chi connectivity index (χ2n) is 2.03. The van der Waals surface area contributed by atoms with Crippen molar-refractivity contribution in [3.63, 3.8) is 0 Å². The third kappa shape index (κ3) is 4.11. The molecule has 10 heavy (non-hydrogen) atoms. The van der Waals surface area contributed by atoms with Crippen molar-refractivity contribution in [3.05, 3.63) is 0 Å². The first-order valence-electron chi connectivity index (χ1n) is 3.11. The predicted octanol–water partition coefficient (Wildman–Crippen LogP) is 0.0652. The van der Waals surface area contributed by atoms with Crippen LogP contribution in [-0.4, -0.2) is 41.2 Å². The highest BCUT2D eigenvalue weighted by atomic mass is 32.2. The number of hydrogen-bond donors (Lipinski definition) is 2. The zero-order valence-electron chi connectivity index (χ0n) is 6.28. The van der Waals surface area contributed by atoms with E-state index in [2.05, 4.69) is 0 Å². The molecule has 0 fully saturated rings. The molecule has 0 aliphatic rings. The fourth-order valence-electron chi connectivity index (χ4n) is 0.435. The third-order valence-corrected chi connectivity index (χ3v) is 1.55. The number of thioether (sulfide) groups is 1. The summed E-state index contributed by atoms with van der Waals surface area (Å²) < 4.78 is 5.10. The van der Waals surface area contributed by atoms with Crippen LogP contribution in [0.3, 0.4) is 0 Å². The molecule has 0 aromatic rings. The van der Waals surface area contributed by atoms with Gasteiger partial charge < -0.3 is 14.9 Å². The lowest BCUT2D eigenvalue weighted by molar-refractivity contribution is -0.0326. The lowest BCUT2D eigenvalue weighted by Crippen LogP contribution is -2.29. The van der Waals surface area contributed by atoms with Crippen molar-refractivity contribution < 1.29 is 14.9 Å². The molecule has 3 nitrogen and oxygen atoms in total. The maximum atomic E-state index is 8.97. The normalized spacial score (nSPS) is 16.8. The Balaban J connectivity index is 3.31. The van der Waals surface area contributed by atoms with Crippen LogP contribution < -0.4 is 0 Å². The topological polar surface area (TPSA) is 49.7 Å². The lowest BCUT2D eigenvalue weighted by atomic mass is 10.2. The highest BCUT2D eigenvalue weighted by Gasteiger charge is 2.12. The highest BCUT2D eigenvalue weighted by Crippen LogP contribution is 2.01. The first-order valence-corrected chi connectivity index (χ1v) is 4.51. The summed E-state index contributed by atoms with van der Waals surface area (Å²) in [4.78, 5) is 0. The van der Waals surface area contributed by atoms with E-state index in [0.717, 1.165) is 0 Å². The fourth-order valence-corrected chi connectivity index (χ4v) is 0.786. The summed E-state index contributed by atoms with van der Waals surface area (Å²) in [6, 6.07) is 0. The van der Waals surface area contributed by atoms with E-state index in [-0.39, 0.29) is 12.7 Å². The van der Waals surface area contributed by atoms with Gasteiger partial charge in [0.1, 0.15) is 6.10 Å². The van der Waals surface area contributed by atoms with E-state index in [4.69, 9.17) is 14.9 Å². The molecular weight excluding hydrogens is 152 g/mol. The number of aliphatic hydroxyl groups excluding tert-OH is 2. The van der Waals surface area contributed by atoms with Gasteiger partial charge >= 0.3 is 0 Å². The van der Waals surface area contributed by atoms with Crippen LogP contribution in [0.15, 0.2) is 0 Å². The van der Waals surface area contributed by atoms with Gasteiger partial charge in [-0.25, -0.2) is 0 Å². The Kier molecular flexibility index (Phi) is 6.11. The van der Waals surface area contributed by atoms with E-state index in [1.54, 1.807) is 18.7 Å². The van der Waals surface area contributed by atoms with Gasteiger partial charge in [-0.1, -0.05) is 0 Å². The van der Waals surface area contributed by atoms with Gasteiger partial charge in [-0.15, -0.1) is 11.8 Å². The zero-order chi connectivity index (χ0) is 7.98. The van der Waals surface area contributed by atoms with Gasteiger partial charge in [0.2, 0.25) is 0 Å². The van der Waals surface area contributed by atoms with Gasteiger partial charge in [0.25, 0.3) is 0 Å². The Morgan fingerprint density at radius 3 is 2.60 bits per heavy atom. The summed E-state index contributed by atoms with van der Waals surface area (Å²) in [5.41, 5.74) is 0. The molecule has 0 aliphatic carbocycles. The summed E-state index contributed by atoms with van der Waals surface area (Å²) in [7, 11) is 0. The molecule has 0 radical (unpaired) electrons. The first-order chi connectivity index (χ1) is 4.72. The molecule has 0 spiro atoms. The lowest BCUT2D eigenvalue weighted by Gasteiger charge is -2.16. The van der Waals surface area contributed by atoms with Gasteiger partial charge in [-0.2, -0.15) is 0 Å². The quantitative estimate of drug-likeness (QED) is 0.567. The summed E-state index contributed by atoms with van der Waals surface area (Å²) in [5.74, 6) is 0.554. The molecule has 2 atom stereocenters. The van der Waals surface area contributed by atoms with Gasteiger partial charge in [0.05, 0.1) is 18.6 Å². The van der Waals surface area contributed by atoms with Crippen LogP contribution in [-0.2, 0) is 4.74 Å².